The van der Waals surface area contributed by atoms with Crippen LogP contribution >= 0.6 is 27.5 Å². The second-order valence-corrected chi connectivity index (χ2v) is 4.77. The Morgan fingerprint density at radius 3 is 3.00 bits per heavy atom. The number of fused-ring (bicyclic) bond motifs is 1. The largest absolute Gasteiger partial charge is 0.312 e. The topological polar surface area (TPSA) is 20.3 Å². The van der Waals surface area contributed by atoms with Crippen molar-refractivity contribution < 1.29 is 4.79 Å². The predicted octanol–water partition coefficient (Wildman–Crippen LogP) is 3.01. The van der Waals surface area contributed by atoms with Gasteiger partial charge in [0.25, 0.3) is 0 Å². The van der Waals surface area contributed by atoms with Gasteiger partial charge in [0.1, 0.15) is 0 Å². The SMILES string of the molecule is O=C1Cc2ccc(Cl)cc2N1CCCBr. The Hall–Kier alpha value is -0.540. The maximum atomic E-state index is 11.7. The number of amides is 1. The monoisotopic (exact) mass is 287 g/mol. The van der Waals surface area contributed by atoms with Gasteiger partial charge in [-0.25, -0.2) is 0 Å². The van der Waals surface area contributed by atoms with Gasteiger partial charge in [0.2, 0.25) is 5.91 Å². The number of carbonyl (C=O) groups is 1. The van der Waals surface area contributed by atoms with Gasteiger partial charge in [0.05, 0.1) is 6.42 Å². The summed E-state index contributed by atoms with van der Waals surface area (Å²) >= 11 is 9.29. The van der Waals surface area contributed by atoms with Crippen molar-refractivity contribution in [2.24, 2.45) is 0 Å². The minimum Gasteiger partial charge on any atom is -0.312 e. The van der Waals surface area contributed by atoms with Crippen molar-refractivity contribution in [3.05, 3.63) is 28.8 Å². The second-order valence-electron chi connectivity index (χ2n) is 3.54. The van der Waals surface area contributed by atoms with Gasteiger partial charge in [0.15, 0.2) is 0 Å². The van der Waals surface area contributed by atoms with Crippen LogP contribution in [-0.2, 0) is 11.2 Å². The number of halogens is 2. The first-order chi connectivity index (χ1) is 7.22. The Kier molecular flexibility index (Phi) is 3.32. The molecule has 80 valence electrons. The molecular formula is C11H11BrClNO. The predicted molar refractivity (Wildman–Crippen MR) is 65.9 cm³/mol. The molecule has 1 aliphatic rings. The van der Waals surface area contributed by atoms with E-state index >= 15 is 0 Å². The molecular weight excluding hydrogens is 277 g/mol. The van der Waals surface area contributed by atoms with Gasteiger partial charge in [-0.1, -0.05) is 33.6 Å². The molecule has 1 aliphatic heterocycles. The highest BCUT2D eigenvalue weighted by atomic mass is 79.9. The molecule has 0 unspecified atom stereocenters. The van der Waals surface area contributed by atoms with Crippen LogP contribution in [-0.4, -0.2) is 17.8 Å². The lowest BCUT2D eigenvalue weighted by Crippen LogP contribution is -2.27. The third-order valence-electron chi connectivity index (χ3n) is 2.50. The van der Waals surface area contributed by atoms with Crippen molar-refractivity contribution >= 4 is 39.1 Å². The first-order valence-corrected chi connectivity index (χ1v) is 6.37. The molecule has 1 aromatic rings. The zero-order chi connectivity index (χ0) is 10.8. The van der Waals surface area contributed by atoms with Gasteiger partial charge in [-0.3, -0.25) is 4.79 Å². The average Bonchev–Trinajstić information content (AvgIpc) is 2.51. The molecule has 1 aromatic carbocycles. The third-order valence-corrected chi connectivity index (χ3v) is 3.29. The van der Waals surface area contributed by atoms with Gasteiger partial charge in [0, 0.05) is 22.6 Å². The number of hydrogen-bond acceptors (Lipinski definition) is 1. The molecule has 1 amide bonds. The van der Waals surface area contributed by atoms with E-state index in [1.54, 1.807) is 0 Å². The van der Waals surface area contributed by atoms with Crippen LogP contribution in [0.4, 0.5) is 5.69 Å². The van der Waals surface area contributed by atoms with Crippen molar-refractivity contribution in [2.75, 3.05) is 16.8 Å². The molecule has 0 spiro atoms. The number of alkyl halides is 1. The van der Waals surface area contributed by atoms with Crippen LogP contribution in [0.25, 0.3) is 0 Å². The van der Waals surface area contributed by atoms with Gasteiger partial charge in [-0.2, -0.15) is 0 Å². The van der Waals surface area contributed by atoms with E-state index in [1.165, 1.54) is 0 Å². The van der Waals surface area contributed by atoms with Gasteiger partial charge in [-0.05, 0) is 24.1 Å². The number of benzene rings is 1. The molecule has 2 rings (SSSR count). The van der Waals surface area contributed by atoms with Gasteiger partial charge < -0.3 is 4.90 Å². The molecule has 4 heteroatoms. The third kappa shape index (κ3) is 2.18. The summed E-state index contributed by atoms with van der Waals surface area (Å²) < 4.78 is 0. The Morgan fingerprint density at radius 2 is 2.27 bits per heavy atom. The molecule has 2 nitrogen and oxygen atoms in total. The highest BCUT2D eigenvalue weighted by Crippen LogP contribution is 2.31. The number of carbonyl (C=O) groups excluding carboxylic acids is 1. The van der Waals surface area contributed by atoms with E-state index in [0.29, 0.717) is 11.4 Å². The number of rotatable bonds is 3. The summed E-state index contributed by atoms with van der Waals surface area (Å²) in [6, 6.07) is 5.64. The van der Waals surface area contributed by atoms with Crippen molar-refractivity contribution in [2.45, 2.75) is 12.8 Å². The zero-order valence-electron chi connectivity index (χ0n) is 8.17. The highest BCUT2D eigenvalue weighted by Gasteiger charge is 2.26. The molecule has 15 heavy (non-hydrogen) atoms. The fourth-order valence-electron chi connectivity index (χ4n) is 1.79. The van der Waals surface area contributed by atoms with Crippen LogP contribution < -0.4 is 4.90 Å². The summed E-state index contributed by atoms with van der Waals surface area (Å²) in [7, 11) is 0. The number of hydrogen-bond donors (Lipinski definition) is 0. The standard InChI is InChI=1S/C11H11BrClNO/c12-4-1-5-14-10-7-9(13)3-2-8(10)6-11(14)15/h2-3,7H,1,4-6H2. The lowest BCUT2D eigenvalue weighted by Gasteiger charge is -2.16. The van der Waals surface area contributed by atoms with Crippen molar-refractivity contribution in [3.63, 3.8) is 0 Å². The molecule has 0 saturated carbocycles. The summed E-state index contributed by atoms with van der Waals surface area (Å²) in [5.74, 6) is 0.174. The summed E-state index contributed by atoms with van der Waals surface area (Å²) in [6.07, 6.45) is 1.46. The first kappa shape index (κ1) is 11.0. The quantitative estimate of drug-likeness (QED) is 0.783. The summed E-state index contributed by atoms with van der Waals surface area (Å²) in [5, 5.41) is 1.60. The minimum absolute atomic E-state index is 0.174. The molecule has 0 bridgehead atoms. The maximum absolute atomic E-state index is 11.7. The Balaban J connectivity index is 2.27. The molecule has 0 fully saturated rings. The first-order valence-electron chi connectivity index (χ1n) is 4.87. The van der Waals surface area contributed by atoms with Crippen LogP contribution in [0, 0.1) is 0 Å². The maximum Gasteiger partial charge on any atom is 0.231 e. The van der Waals surface area contributed by atoms with Crippen molar-refractivity contribution in [1.29, 1.82) is 0 Å². The van der Waals surface area contributed by atoms with Crippen LogP contribution in [0.2, 0.25) is 5.02 Å². The van der Waals surface area contributed by atoms with Crippen LogP contribution in [0.15, 0.2) is 18.2 Å². The number of nitrogens with zero attached hydrogens (tertiary/aromatic N) is 1. The minimum atomic E-state index is 0.174. The Labute approximate surface area is 102 Å². The van der Waals surface area contributed by atoms with Crippen LogP contribution in [0.1, 0.15) is 12.0 Å². The van der Waals surface area contributed by atoms with E-state index in [9.17, 15) is 4.79 Å². The number of anilines is 1. The summed E-state index contributed by atoms with van der Waals surface area (Å²) in [5.41, 5.74) is 2.06. The highest BCUT2D eigenvalue weighted by molar-refractivity contribution is 9.09. The average molecular weight is 289 g/mol. The van der Waals surface area contributed by atoms with E-state index in [2.05, 4.69) is 15.9 Å². The fraction of sp³-hybridized carbons (Fsp3) is 0.364. The van der Waals surface area contributed by atoms with E-state index in [4.69, 9.17) is 11.6 Å². The summed E-state index contributed by atoms with van der Waals surface area (Å²) in [6.45, 7) is 0.761. The molecule has 0 N–H and O–H groups in total. The smallest absolute Gasteiger partial charge is 0.231 e. The van der Waals surface area contributed by atoms with E-state index in [0.717, 1.165) is 29.5 Å². The normalized spacial score (nSPS) is 14.5. The molecule has 0 radical (unpaired) electrons. The van der Waals surface area contributed by atoms with Crippen LogP contribution in [0.3, 0.4) is 0 Å². The second kappa shape index (κ2) is 4.54. The zero-order valence-corrected chi connectivity index (χ0v) is 10.5. The molecule has 0 saturated heterocycles. The molecule has 1 heterocycles. The summed E-state index contributed by atoms with van der Waals surface area (Å²) in [4.78, 5) is 13.5. The molecule has 0 aromatic heterocycles. The van der Waals surface area contributed by atoms with Gasteiger partial charge >= 0.3 is 0 Å². The Morgan fingerprint density at radius 1 is 1.47 bits per heavy atom. The van der Waals surface area contributed by atoms with Gasteiger partial charge in [-0.15, -0.1) is 0 Å². The van der Waals surface area contributed by atoms with Crippen molar-refractivity contribution in [3.8, 4) is 0 Å². The lowest BCUT2D eigenvalue weighted by atomic mass is 10.2. The van der Waals surface area contributed by atoms with Crippen LogP contribution in [0.5, 0.6) is 0 Å². The van der Waals surface area contributed by atoms with E-state index in [-0.39, 0.29) is 5.91 Å². The molecule has 0 aliphatic carbocycles. The van der Waals surface area contributed by atoms with E-state index in [1.807, 2.05) is 23.1 Å². The van der Waals surface area contributed by atoms with Crippen molar-refractivity contribution in [1.82, 2.24) is 0 Å². The fourth-order valence-corrected chi connectivity index (χ4v) is 2.21. The lowest BCUT2D eigenvalue weighted by molar-refractivity contribution is -0.117. The van der Waals surface area contributed by atoms with E-state index < -0.39 is 0 Å². The molecule has 0 atom stereocenters. The Bertz CT molecular complexity index is 394.